The van der Waals surface area contributed by atoms with E-state index in [9.17, 15) is 0 Å². The number of rotatable bonds is 8. The average molecular weight is 495 g/mol. The van der Waals surface area contributed by atoms with Gasteiger partial charge in [-0.2, -0.15) is 0 Å². The van der Waals surface area contributed by atoms with Crippen molar-refractivity contribution in [2.75, 3.05) is 0 Å². The van der Waals surface area contributed by atoms with Gasteiger partial charge in [0.05, 0.1) is 13.1 Å². The molecule has 0 bridgehead atoms. The summed E-state index contributed by atoms with van der Waals surface area (Å²) in [4.78, 5) is 0. The highest BCUT2D eigenvalue weighted by Gasteiger charge is 2.16. The number of hydrogen-bond donors (Lipinski definition) is 0. The minimum absolute atomic E-state index is 0. The van der Waals surface area contributed by atoms with Gasteiger partial charge in [0, 0.05) is 0 Å². The van der Waals surface area contributed by atoms with Gasteiger partial charge in [0.2, 0.25) is 12.7 Å². The van der Waals surface area contributed by atoms with Crippen LogP contribution in [0.25, 0.3) is 22.1 Å². The number of hydrogen-bond acceptors (Lipinski definition) is 0. The van der Waals surface area contributed by atoms with Gasteiger partial charge in [-0.3, -0.25) is 0 Å². The van der Waals surface area contributed by atoms with E-state index in [0.29, 0.717) is 0 Å². The van der Waals surface area contributed by atoms with Crippen molar-refractivity contribution in [3.05, 3.63) is 96.6 Å². The van der Waals surface area contributed by atoms with E-state index in [-0.39, 0.29) is 24.8 Å². The van der Waals surface area contributed by atoms with Crippen LogP contribution < -0.4 is 33.9 Å². The summed E-state index contributed by atoms with van der Waals surface area (Å²) >= 11 is 0. The zero-order chi connectivity index (χ0) is 21.9. The van der Waals surface area contributed by atoms with E-state index in [4.69, 9.17) is 0 Å². The molecule has 0 amide bonds. The van der Waals surface area contributed by atoms with Crippen LogP contribution in [0, 0.1) is 0 Å². The number of fused-ring (bicyclic) bond motifs is 2. The molecule has 2 heterocycles. The third-order valence-corrected chi connectivity index (χ3v) is 6.22. The lowest BCUT2D eigenvalue weighted by Crippen LogP contribution is -3.00. The van der Waals surface area contributed by atoms with E-state index >= 15 is 0 Å². The second-order valence-corrected chi connectivity index (χ2v) is 8.67. The van der Waals surface area contributed by atoms with Crippen LogP contribution >= 0.6 is 0 Å². The molecule has 0 saturated heterocycles. The Morgan fingerprint density at radius 2 is 0.941 bits per heavy atom. The predicted octanol–water partition coefficient (Wildman–Crippen LogP) is -0.904. The van der Waals surface area contributed by atoms with Crippen LogP contribution in [0.4, 0.5) is 0 Å². The summed E-state index contributed by atoms with van der Waals surface area (Å²) in [5, 5.41) is 0. The van der Waals surface area contributed by atoms with Crippen molar-refractivity contribution >= 4 is 22.1 Å². The molecule has 5 rings (SSSR count). The number of aryl methyl sites for hydroxylation is 2. The van der Waals surface area contributed by atoms with Gasteiger partial charge in [-0.25, -0.2) is 18.3 Å². The minimum Gasteiger partial charge on any atom is -1.00 e. The van der Waals surface area contributed by atoms with Gasteiger partial charge in [0.15, 0.2) is 22.1 Å². The standard InChI is InChI=1S/C28H32N4.2ClH/c1-3-17-29-21-31(27-11-7-5-9-25(27)29)19-23-13-15-24(16-14-23)20-32-22-30(18-4-2)26-10-6-8-12-28(26)32;;/h5-16,21-22H,3-4,17-20H2,1-2H3;2*1H/q+2;;/p-2. The summed E-state index contributed by atoms with van der Waals surface area (Å²) in [6, 6.07) is 26.5. The maximum Gasteiger partial charge on any atom is 0.245 e. The normalized spacial score (nSPS) is 10.9. The maximum absolute atomic E-state index is 2.37. The van der Waals surface area contributed by atoms with Crippen molar-refractivity contribution in [2.24, 2.45) is 0 Å². The van der Waals surface area contributed by atoms with Gasteiger partial charge < -0.3 is 24.8 Å². The van der Waals surface area contributed by atoms with Gasteiger partial charge in [-0.15, -0.1) is 0 Å². The molecule has 0 aliphatic heterocycles. The molecule has 3 aromatic carbocycles. The first kappa shape index (κ1) is 25.8. The average Bonchev–Trinajstić information content (AvgIpc) is 3.34. The Labute approximate surface area is 214 Å². The smallest absolute Gasteiger partial charge is 0.245 e. The van der Waals surface area contributed by atoms with E-state index in [0.717, 1.165) is 39.0 Å². The van der Waals surface area contributed by atoms with Gasteiger partial charge in [0.25, 0.3) is 0 Å². The largest absolute Gasteiger partial charge is 1.00 e. The quantitative estimate of drug-likeness (QED) is 0.249. The van der Waals surface area contributed by atoms with E-state index in [1.54, 1.807) is 0 Å². The van der Waals surface area contributed by atoms with E-state index < -0.39 is 0 Å². The SMILES string of the molecule is CCCn1c[n+](Cc2ccc(C[n+]3cn(CCC)c4ccccc43)cc2)c2ccccc21.[Cl-].[Cl-]. The number of nitrogens with zero attached hydrogens (tertiary/aromatic N) is 4. The molecule has 0 atom stereocenters. The Morgan fingerprint density at radius 1 is 0.559 bits per heavy atom. The van der Waals surface area contributed by atoms with Crippen LogP contribution in [0.2, 0.25) is 0 Å². The topological polar surface area (TPSA) is 17.6 Å². The summed E-state index contributed by atoms with van der Waals surface area (Å²) in [6.07, 6.45) is 6.81. The highest BCUT2D eigenvalue weighted by molar-refractivity contribution is 5.72. The molecule has 0 fully saturated rings. The first-order valence-electron chi connectivity index (χ1n) is 11.8. The summed E-state index contributed by atoms with van der Waals surface area (Å²) in [6.45, 7) is 8.34. The molecule has 0 spiro atoms. The van der Waals surface area contributed by atoms with Crippen LogP contribution in [0.5, 0.6) is 0 Å². The molecular formula is C28H32Cl2N4. The number of halogens is 2. The lowest BCUT2D eigenvalue weighted by molar-refractivity contribution is -0.663. The Bertz CT molecular complexity index is 1250. The van der Waals surface area contributed by atoms with Crippen LogP contribution in [-0.4, -0.2) is 9.13 Å². The van der Waals surface area contributed by atoms with Gasteiger partial charge in [0.1, 0.15) is 13.1 Å². The van der Waals surface area contributed by atoms with Crippen molar-refractivity contribution in [3.63, 3.8) is 0 Å². The third kappa shape index (κ3) is 5.13. The first-order chi connectivity index (χ1) is 15.8. The third-order valence-electron chi connectivity index (χ3n) is 6.22. The monoisotopic (exact) mass is 494 g/mol. The Kier molecular flexibility index (Phi) is 8.76. The second kappa shape index (κ2) is 11.5. The van der Waals surface area contributed by atoms with Gasteiger partial charge in [-0.05, 0) is 48.2 Å². The fourth-order valence-electron chi connectivity index (χ4n) is 4.72. The summed E-state index contributed by atoms with van der Waals surface area (Å²) in [7, 11) is 0. The maximum atomic E-state index is 2.37. The lowest BCUT2D eigenvalue weighted by Gasteiger charge is -2.03. The zero-order valence-electron chi connectivity index (χ0n) is 19.9. The second-order valence-electron chi connectivity index (χ2n) is 8.67. The summed E-state index contributed by atoms with van der Waals surface area (Å²) < 4.78 is 9.47. The lowest BCUT2D eigenvalue weighted by atomic mass is 10.1. The molecule has 0 unspecified atom stereocenters. The molecule has 5 aromatic rings. The van der Waals surface area contributed by atoms with E-state index in [1.807, 2.05) is 0 Å². The predicted molar refractivity (Wildman–Crippen MR) is 129 cm³/mol. The fourth-order valence-corrected chi connectivity index (χ4v) is 4.72. The van der Waals surface area contributed by atoms with Crippen molar-refractivity contribution < 1.29 is 33.9 Å². The Balaban J connectivity index is 0.00000162. The highest BCUT2D eigenvalue weighted by atomic mass is 35.5. The molecular weight excluding hydrogens is 463 g/mol. The van der Waals surface area contributed by atoms with Crippen molar-refractivity contribution in [3.8, 4) is 0 Å². The van der Waals surface area contributed by atoms with E-state index in [1.165, 1.54) is 33.2 Å². The molecule has 0 aliphatic rings. The molecule has 0 N–H and O–H groups in total. The summed E-state index contributed by atoms with van der Waals surface area (Å²) in [5.74, 6) is 0. The van der Waals surface area contributed by atoms with Crippen molar-refractivity contribution in [1.29, 1.82) is 0 Å². The molecule has 0 aliphatic carbocycles. The molecule has 34 heavy (non-hydrogen) atoms. The molecule has 4 nitrogen and oxygen atoms in total. The first-order valence-corrected chi connectivity index (χ1v) is 11.8. The minimum atomic E-state index is 0. The van der Waals surface area contributed by atoms with Crippen LogP contribution in [-0.2, 0) is 26.2 Å². The highest BCUT2D eigenvalue weighted by Crippen LogP contribution is 2.14. The zero-order valence-corrected chi connectivity index (χ0v) is 21.4. The number of imidazole rings is 2. The van der Waals surface area contributed by atoms with Crippen LogP contribution in [0.15, 0.2) is 85.5 Å². The van der Waals surface area contributed by atoms with Crippen LogP contribution in [0.1, 0.15) is 37.8 Å². The van der Waals surface area contributed by atoms with Crippen LogP contribution in [0.3, 0.4) is 0 Å². The Morgan fingerprint density at radius 3 is 1.32 bits per heavy atom. The number of aromatic nitrogens is 4. The van der Waals surface area contributed by atoms with Crippen molar-refractivity contribution in [2.45, 2.75) is 52.9 Å². The molecule has 0 radical (unpaired) electrons. The Hall–Kier alpha value is -2.82. The fraction of sp³-hybridized carbons (Fsp3) is 0.286. The van der Waals surface area contributed by atoms with Gasteiger partial charge >= 0.3 is 0 Å². The molecule has 2 aromatic heterocycles. The molecule has 6 heteroatoms. The van der Waals surface area contributed by atoms with E-state index in [2.05, 4.69) is 118 Å². The summed E-state index contributed by atoms with van der Waals surface area (Å²) in [5.41, 5.74) is 7.87. The molecule has 0 saturated carbocycles. The number of benzene rings is 3. The molecule has 178 valence electrons. The number of para-hydroxylation sites is 4. The van der Waals surface area contributed by atoms with Gasteiger partial charge in [-0.1, -0.05) is 62.4 Å². The van der Waals surface area contributed by atoms with Crippen molar-refractivity contribution in [1.82, 2.24) is 9.13 Å².